The highest BCUT2D eigenvalue weighted by Crippen LogP contribution is 1.95. The zero-order valence-electron chi connectivity index (χ0n) is 9.27. The zero-order chi connectivity index (χ0) is 11.7. The van der Waals surface area contributed by atoms with Crippen molar-refractivity contribution < 1.29 is 18.3 Å². The highest BCUT2D eigenvalue weighted by atomic mass is 32.2. The van der Waals surface area contributed by atoms with Crippen LogP contribution >= 0.6 is 0 Å². The van der Waals surface area contributed by atoms with E-state index in [0.717, 1.165) is 0 Å². The van der Waals surface area contributed by atoms with E-state index in [-0.39, 0.29) is 6.61 Å². The van der Waals surface area contributed by atoms with Crippen molar-refractivity contribution in [2.75, 3.05) is 40.5 Å². The molecule has 0 aliphatic rings. The molecular weight excluding hydrogens is 220 g/mol. The first kappa shape index (κ1) is 14.8. The Morgan fingerprint density at radius 1 is 1.40 bits per heavy atom. The maximum Gasteiger partial charge on any atom is 0.279 e. The van der Waals surface area contributed by atoms with Crippen molar-refractivity contribution in [3.8, 4) is 0 Å². The van der Waals surface area contributed by atoms with Gasteiger partial charge in [0.25, 0.3) is 10.2 Å². The minimum absolute atomic E-state index is 0.0104. The van der Waals surface area contributed by atoms with Crippen LogP contribution in [0.15, 0.2) is 0 Å². The summed E-state index contributed by atoms with van der Waals surface area (Å²) in [5.41, 5.74) is 0. The fourth-order valence-corrected chi connectivity index (χ4v) is 1.93. The lowest BCUT2D eigenvalue weighted by Gasteiger charge is -2.16. The second-order valence-corrected chi connectivity index (χ2v) is 5.01. The molecule has 0 aromatic carbocycles. The summed E-state index contributed by atoms with van der Waals surface area (Å²) in [6, 6.07) is 0. The first-order valence-corrected chi connectivity index (χ1v) is 6.29. The molecule has 0 aromatic rings. The SMILES string of the molecule is COCCCNS(=O)(=O)N(C)CCCO. The first-order valence-electron chi connectivity index (χ1n) is 4.85. The van der Waals surface area contributed by atoms with Gasteiger partial charge >= 0.3 is 0 Å². The fraction of sp³-hybridized carbons (Fsp3) is 1.00. The Bertz CT molecular complexity index is 243. The summed E-state index contributed by atoms with van der Waals surface area (Å²) in [5, 5.41) is 8.57. The molecular formula is C8H20N2O4S. The van der Waals surface area contributed by atoms with Gasteiger partial charge in [-0.15, -0.1) is 0 Å². The maximum atomic E-state index is 11.5. The Hall–Kier alpha value is -0.210. The third-order valence-corrected chi connectivity index (χ3v) is 3.42. The van der Waals surface area contributed by atoms with Crippen LogP contribution in [0.2, 0.25) is 0 Å². The molecule has 15 heavy (non-hydrogen) atoms. The quantitative estimate of drug-likeness (QED) is 0.516. The molecule has 0 aliphatic heterocycles. The van der Waals surface area contributed by atoms with Gasteiger partial charge in [0.15, 0.2) is 0 Å². The van der Waals surface area contributed by atoms with Crippen LogP contribution in [0.4, 0.5) is 0 Å². The Morgan fingerprint density at radius 3 is 2.60 bits per heavy atom. The molecule has 92 valence electrons. The molecule has 0 saturated heterocycles. The average Bonchev–Trinajstić information content (AvgIpc) is 2.21. The topological polar surface area (TPSA) is 78.9 Å². The second-order valence-electron chi connectivity index (χ2n) is 3.14. The van der Waals surface area contributed by atoms with Gasteiger partial charge in [0, 0.05) is 40.5 Å². The number of hydrogen-bond acceptors (Lipinski definition) is 4. The number of rotatable bonds is 9. The van der Waals surface area contributed by atoms with Gasteiger partial charge in [-0.05, 0) is 12.8 Å². The number of methoxy groups -OCH3 is 1. The minimum Gasteiger partial charge on any atom is -0.396 e. The summed E-state index contributed by atoms with van der Waals surface area (Å²) in [4.78, 5) is 0. The number of nitrogens with zero attached hydrogens (tertiary/aromatic N) is 1. The van der Waals surface area contributed by atoms with Crippen molar-refractivity contribution in [3.05, 3.63) is 0 Å². The maximum absolute atomic E-state index is 11.5. The highest BCUT2D eigenvalue weighted by Gasteiger charge is 2.15. The molecule has 7 heteroatoms. The summed E-state index contributed by atoms with van der Waals surface area (Å²) in [5.74, 6) is 0. The van der Waals surface area contributed by atoms with Crippen molar-refractivity contribution in [1.82, 2.24) is 9.03 Å². The van der Waals surface area contributed by atoms with E-state index in [2.05, 4.69) is 4.72 Å². The monoisotopic (exact) mass is 240 g/mol. The smallest absolute Gasteiger partial charge is 0.279 e. The van der Waals surface area contributed by atoms with Gasteiger partial charge < -0.3 is 9.84 Å². The Labute approximate surface area is 91.4 Å². The van der Waals surface area contributed by atoms with Crippen LogP contribution in [0.3, 0.4) is 0 Å². The molecule has 6 nitrogen and oxygen atoms in total. The van der Waals surface area contributed by atoms with Crippen molar-refractivity contribution >= 4 is 10.2 Å². The Kier molecular flexibility index (Phi) is 7.89. The van der Waals surface area contributed by atoms with Crippen LogP contribution < -0.4 is 4.72 Å². The molecule has 0 amide bonds. The number of aliphatic hydroxyl groups excluding tert-OH is 1. The molecule has 0 unspecified atom stereocenters. The van der Waals surface area contributed by atoms with Crippen molar-refractivity contribution in [2.24, 2.45) is 0 Å². The van der Waals surface area contributed by atoms with E-state index in [0.29, 0.717) is 32.5 Å². The summed E-state index contributed by atoms with van der Waals surface area (Å²) >= 11 is 0. The fourth-order valence-electron chi connectivity index (χ4n) is 0.941. The minimum atomic E-state index is -3.40. The molecule has 0 fully saturated rings. The normalized spacial score (nSPS) is 12.3. The van der Waals surface area contributed by atoms with E-state index in [9.17, 15) is 8.42 Å². The molecule has 0 rings (SSSR count). The van der Waals surface area contributed by atoms with E-state index in [1.54, 1.807) is 7.11 Å². The number of hydrogen-bond donors (Lipinski definition) is 2. The zero-order valence-corrected chi connectivity index (χ0v) is 10.1. The number of nitrogens with one attached hydrogen (secondary N) is 1. The van der Waals surface area contributed by atoms with Crippen LogP contribution in [0.25, 0.3) is 0 Å². The molecule has 0 atom stereocenters. The largest absolute Gasteiger partial charge is 0.396 e. The standard InChI is InChI=1S/C8H20N2O4S/c1-10(6-4-7-11)15(12,13)9-5-3-8-14-2/h9,11H,3-8H2,1-2H3. The molecule has 0 aliphatic carbocycles. The lowest BCUT2D eigenvalue weighted by molar-refractivity contribution is 0.195. The summed E-state index contributed by atoms with van der Waals surface area (Å²) < 4.78 is 31.4. The van der Waals surface area contributed by atoms with Gasteiger partial charge in [-0.1, -0.05) is 0 Å². The molecule has 2 N–H and O–H groups in total. The van der Waals surface area contributed by atoms with Gasteiger partial charge in [0.2, 0.25) is 0 Å². The Morgan fingerprint density at radius 2 is 2.07 bits per heavy atom. The van der Waals surface area contributed by atoms with E-state index in [4.69, 9.17) is 9.84 Å². The summed E-state index contributed by atoms with van der Waals surface area (Å²) in [6.07, 6.45) is 1.08. The molecule has 0 radical (unpaired) electrons. The van der Waals surface area contributed by atoms with Crippen LogP contribution in [-0.2, 0) is 14.9 Å². The van der Waals surface area contributed by atoms with Crippen LogP contribution in [0.5, 0.6) is 0 Å². The van der Waals surface area contributed by atoms with Crippen molar-refractivity contribution in [1.29, 1.82) is 0 Å². The van der Waals surface area contributed by atoms with Crippen molar-refractivity contribution in [2.45, 2.75) is 12.8 Å². The molecule has 0 heterocycles. The van der Waals surface area contributed by atoms with E-state index in [1.807, 2.05) is 0 Å². The average molecular weight is 240 g/mol. The summed E-state index contributed by atoms with van der Waals surface area (Å²) in [7, 11) is -0.345. The molecule has 0 aromatic heterocycles. The second kappa shape index (κ2) is 8.00. The van der Waals surface area contributed by atoms with Gasteiger partial charge in [0.1, 0.15) is 0 Å². The predicted molar refractivity (Wildman–Crippen MR) is 57.7 cm³/mol. The van der Waals surface area contributed by atoms with E-state index in [1.165, 1.54) is 11.4 Å². The van der Waals surface area contributed by atoms with Crippen LogP contribution in [-0.4, -0.2) is 58.3 Å². The van der Waals surface area contributed by atoms with Crippen LogP contribution in [0.1, 0.15) is 12.8 Å². The predicted octanol–water partition coefficient (Wildman–Crippen LogP) is -0.828. The Balaban J connectivity index is 3.84. The third-order valence-electron chi connectivity index (χ3n) is 1.85. The van der Waals surface area contributed by atoms with Gasteiger partial charge in [-0.25, -0.2) is 4.72 Å². The molecule has 0 saturated carbocycles. The van der Waals surface area contributed by atoms with Gasteiger partial charge in [0.05, 0.1) is 0 Å². The molecule has 0 spiro atoms. The third kappa shape index (κ3) is 6.80. The van der Waals surface area contributed by atoms with Gasteiger partial charge in [-0.2, -0.15) is 12.7 Å². The summed E-state index contributed by atoms with van der Waals surface area (Å²) in [6.45, 7) is 1.20. The van der Waals surface area contributed by atoms with Crippen molar-refractivity contribution in [3.63, 3.8) is 0 Å². The number of ether oxygens (including phenoxy) is 1. The molecule has 0 bridgehead atoms. The van der Waals surface area contributed by atoms with Crippen LogP contribution in [0, 0.1) is 0 Å². The van der Waals surface area contributed by atoms with E-state index < -0.39 is 10.2 Å². The van der Waals surface area contributed by atoms with Gasteiger partial charge in [-0.3, -0.25) is 0 Å². The number of aliphatic hydroxyl groups is 1. The lowest BCUT2D eigenvalue weighted by atomic mass is 10.5. The lowest BCUT2D eigenvalue weighted by Crippen LogP contribution is -2.39. The highest BCUT2D eigenvalue weighted by molar-refractivity contribution is 7.87. The first-order chi connectivity index (χ1) is 7.04. The van der Waals surface area contributed by atoms with E-state index >= 15 is 0 Å².